The number of anilines is 1. The van der Waals surface area contributed by atoms with Gasteiger partial charge in [0, 0.05) is 23.5 Å². The highest BCUT2D eigenvalue weighted by atomic mass is 79.9. The van der Waals surface area contributed by atoms with Crippen LogP contribution in [0.3, 0.4) is 0 Å². The minimum Gasteiger partial charge on any atom is -0.469 e. The Kier molecular flexibility index (Phi) is 4.26. The van der Waals surface area contributed by atoms with Crippen LogP contribution in [0.15, 0.2) is 16.6 Å². The molecule has 1 aliphatic rings. The van der Waals surface area contributed by atoms with E-state index in [0.29, 0.717) is 10.0 Å². The summed E-state index contributed by atoms with van der Waals surface area (Å²) in [6.07, 6.45) is -0.000663. The summed E-state index contributed by atoms with van der Waals surface area (Å²) >= 11 is 3.20. The van der Waals surface area contributed by atoms with Crippen molar-refractivity contribution in [1.29, 1.82) is 0 Å². The highest BCUT2D eigenvalue weighted by Gasteiger charge is 2.39. The van der Waals surface area contributed by atoms with E-state index in [0.717, 1.165) is 0 Å². The molecule has 0 radical (unpaired) electrons. The minimum atomic E-state index is -0.592. The van der Waals surface area contributed by atoms with Crippen LogP contribution in [0.5, 0.6) is 0 Å². The lowest BCUT2D eigenvalue weighted by molar-refractivity contribution is -0.384. The number of nitrogens with zero attached hydrogens (tertiary/aromatic N) is 2. The summed E-state index contributed by atoms with van der Waals surface area (Å²) in [6.45, 7) is 1.78. The number of methoxy groups -OCH3 is 1. The normalized spacial score (nSPS) is 18.0. The third-order valence-corrected chi connectivity index (χ3v) is 3.83. The number of benzene rings is 1. The molecule has 0 spiro atoms. The number of carbonyl (C=O) groups excluding carboxylic acids is 2. The monoisotopic (exact) mass is 356 g/mol. The van der Waals surface area contributed by atoms with Gasteiger partial charge in [-0.05, 0) is 18.6 Å². The van der Waals surface area contributed by atoms with E-state index in [1.165, 1.54) is 18.1 Å². The molecule has 0 aliphatic carbocycles. The van der Waals surface area contributed by atoms with E-state index < -0.39 is 16.8 Å². The minimum absolute atomic E-state index is 0.000663. The number of amides is 1. The molecule has 21 heavy (non-hydrogen) atoms. The van der Waals surface area contributed by atoms with Crippen LogP contribution in [0.1, 0.15) is 12.0 Å². The van der Waals surface area contributed by atoms with Gasteiger partial charge < -0.3 is 9.64 Å². The summed E-state index contributed by atoms with van der Waals surface area (Å²) in [5.74, 6) is -1.40. The topological polar surface area (TPSA) is 89.8 Å². The Bertz CT molecular complexity index is 631. The first-order chi connectivity index (χ1) is 9.85. The standard InChI is InChI=1S/C13H13BrN2O5/c1-7-3-9(14)5-10(16(19)20)12(7)15-6-8(4-11(15)17)13(18)21-2/h3,5,8H,4,6H2,1-2H3. The second kappa shape index (κ2) is 5.80. The molecule has 1 aliphatic heterocycles. The molecule has 1 atom stereocenters. The lowest BCUT2D eigenvalue weighted by Crippen LogP contribution is -2.27. The molecule has 0 aromatic heterocycles. The molecule has 8 heteroatoms. The Hall–Kier alpha value is -1.96. The fraction of sp³-hybridized carbons (Fsp3) is 0.385. The number of nitro groups is 1. The van der Waals surface area contributed by atoms with Crippen molar-refractivity contribution in [2.75, 3.05) is 18.6 Å². The van der Waals surface area contributed by atoms with Crippen molar-refractivity contribution in [2.45, 2.75) is 13.3 Å². The molecule has 7 nitrogen and oxygen atoms in total. The predicted octanol–water partition coefficient (Wildman–Crippen LogP) is 2.19. The van der Waals surface area contributed by atoms with Gasteiger partial charge in [0.2, 0.25) is 5.91 Å². The third kappa shape index (κ3) is 2.90. The van der Waals surface area contributed by atoms with Crippen molar-refractivity contribution in [3.8, 4) is 0 Å². The molecular weight excluding hydrogens is 344 g/mol. The zero-order valence-corrected chi connectivity index (χ0v) is 13.0. The quantitative estimate of drug-likeness (QED) is 0.470. The summed E-state index contributed by atoms with van der Waals surface area (Å²) in [4.78, 5) is 35.6. The van der Waals surface area contributed by atoms with E-state index in [1.54, 1.807) is 13.0 Å². The third-order valence-electron chi connectivity index (χ3n) is 3.37. The van der Waals surface area contributed by atoms with Crippen LogP contribution in [-0.4, -0.2) is 30.5 Å². The molecule has 1 aromatic carbocycles. The van der Waals surface area contributed by atoms with Gasteiger partial charge in [0.15, 0.2) is 0 Å². The zero-order chi connectivity index (χ0) is 15.7. The fourth-order valence-electron chi connectivity index (χ4n) is 2.46. The second-order valence-corrected chi connectivity index (χ2v) is 5.69. The number of rotatable bonds is 3. The molecule has 1 unspecified atom stereocenters. The molecule has 0 bridgehead atoms. The van der Waals surface area contributed by atoms with Gasteiger partial charge in [0.25, 0.3) is 5.69 Å². The summed E-state index contributed by atoms with van der Waals surface area (Å²) in [7, 11) is 1.25. The van der Waals surface area contributed by atoms with Gasteiger partial charge in [0.1, 0.15) is 5.69 Å². The van der Waals surface area contributed by atoms with E-state index in [1.807, 2.05) is 0 Å². The molecule has 0 N–H and O–H groups in total. The van der Waals surface area contributed by atoms with E-state index in [2.05, 4.69) is 20.7 Å². The van der Waals surface area contributed by atoms with E-state index in [9.17, 15) is 19.7 Å². The summed E-state index contributed by atoms with van der Waals surface area (Å²) < 4.78 is 5.20. The van der Waals surface area contributed by atoms with Crippen LogP contribution in [0.25, 0.3) is 0 Å². The molecule has 1 fully saturated rings. The number of halogens is 1. The van der Waals surface area contributed by atoms with Gasteiger partial charge in [-0.1, -0.05) is 15.9 Å². The lowest BCUT2D eigenvalue weighted by atomic mass is 10.1. The van der Waals surface area contributed by atoms with Gasteiger partial charge in [-0.2, -0.15) is 0 Å². The number of hydrogen-bond acceptors (Lipinski definition) is 5. The molecule has 1 amide bonds. The number of hydrogen-bond donors (Lipinski definition) is 0. The number of carbonyl (C=O) groups is 2. The van der Waals surface area contributed by atoms with E-state index in [-0.39, 0.29) is 30.2 Å². The van der Waals surface area contributed by atoms with Crippen LogP contribution in [-0.2, 0) is 14.3 Å². The zero-order valence-electron chi connectivity index (χ0n) is 11.5. The Morgan fingerprint density at radius 3 is 2.76 bits per heavy atom. The molecule has 2 rings (SSSR count). The summed E-state index contributed by atoms with van der Waals surface area (Å²) in [6, 6.07) is 3.04. The van der Waals surface area contributed by atoms with Gasteiger partial charge in [0.05, 0.1) is 18.0 Å². The summed E-state index contributed by atoms with van der Waals surface area (Å²) in [5, 5.41) is 11.2. The lowest BCUT2D eigenvalue weighted by Gasteiger charge is -2.19. The van der Waals surface area contributed by atoms with Gasteiger partial charge >= 0.3 is 5.97 Å². The summed E-state index contributed by atoms with van der Waals surface area (Å²) in [5.41, 5.74) is 0.662. The highest BCUT2D eigenvalue weighted by Crippen LogP contribution is 2.38. The first-order valence-corrected chi connectivity index (χ1v) is 6.97. The fourth-order valence-corrected chi connectivity index (χ4v) is 3.02. The number of nitro benzene ring substituents is 1. The Morgan fingerprint density at radius 1 is 1.52 bits per heavy atom. The first-order valence-electron chi connectivity index (χ1n) is 6.18. The van der Waals surface area contributed by atoms with Crippen LogP contribution >= 0.6 is 15.9 Å². The maximum atomic E-state index is 12.1. The Balaban J connectivity index is 2.45. The predicted molar refractivity (Wildman–Crippen MR) is 78.0 cm³/mol. The molecule has 112 valence electrons. The number of aryl methyl sites for hydroxylation is 1. The van der Waals surface area contributed by atoms with Crippen molar-refractivity contribution >= 4 is 39.2 Å². The van der Waals surface area contributed by atoms with E-state index in [4.69, 9.17) is 0 Å². The largest absolute Gasteiger partial charge is 0.469 e. The van der Waals surface area contributed by atoms with E-state index >= 15 is 0 Å². The maximum absolute atomic E-state index is 12.1. The molecule has 0 saturated carbocycles. The van der Waals surface area contributed by atoms with Gasteiger partial charge in [-0.15, -0.1) is 0 Å². The average molecular weight is 357 g/mol. The number of esters is 1. The van der Waals surface area contributed by atoms with Crippen molar-refractivity contribution in [2.24, 2.45) is 5.92 Å². The van der Waals surface area contributed by atoms with Crippen molar-refractivity contribution in [3.05, 3.63) is 32.3 Å². The Labute approximate surface area is 129 Å². The van der Waals surface area contributed by atoms with Crippen LogP contribution < -0.4 is 4.90 Å². The molecule has 1 aromatic rings. The van der Waals surface area contributed by atoms with Gasteiger partial charge in [-0.3, -0.25) is 19.7 Å². The molecular formula is C13H13BrN2O5. The molecule has 1 heterocycles. The maximum Gasteiger partial charge on any atom is 0.311 e. The molecule has 1 saturated heterocycles. The van der Waals surface area contributed by atoms with Crippen LogP contribution in [0, 0.1) is 23.0 Å². The number of ether oxygens (including phenoxy) is 1. The van der Waals surface area contributed by atoms with Crippen LogP contribution in [0.4, 0.5) is 11.4 Å². The van der Waals surface area contributed by atoms with Crippen molar-refractivity contribution in [1.82, 2.24) is 0 Å². The highest BCUT2D eigenvalue weighted by molar-refractivity contribution is 9.10. The van der Waals surface area contributed by atoms with Crippen molar-refractivity contribution in [3.63, 3.8) is 0 Å². The smallest absolute Gasteiger partial charge is 0.311 e. The first kappa shape index (κ1) is 15.4. The second-order valence-electron chi connectivity index (χ2n) is 4.78. The SMILES string of the molecule is COC(=O)C1CC(=O)N(c2c(C)cc(Br)cc2[N+](=O)[O-])C1. The van der Waals surface area contributed by atoms with Crippen LogP contribution in [0.2, 0.25) is 0 Å². The Morgan fingerprint density at radius 2 is 2.19 bits per heavy atom. The average Bonchev–Trinajstić information content (AvgIpc) is 2.78. The van der Waals surface area contributed by atoms with Gasteiger partial charge in [-0.25, -0.2) is 0 Å². The van der Waals surface area contributed by atoms with Crippen molar-refractivity contribution < 1.29 is 19.2 Å².